The van der Waals surface area contributed by atoms with E-state index in [-0.39, 0.29) is 0 Å². The number of hydrogen-bond acceptors (Lipinski definition) is 6. The number of benzene rings is 3. The Kier molecular flexibility index (Phi) is 6.50. The van der Waals surface area contributed by atoms with Gasteiger partial charge in [0.15, 0.2) is 5.54 Å². The summed E-state index contributed by atoms with van der Waals surface area (Å²) in [5, 5.41) is 2.71. The lowest BCUT2D eigenvalue weighted by Crippen LogP contribution is -2.64. The minimum atomic E-state index is -5.30. The third-order valence-corrected chi connectivity index (χ3v) is 5.97. The van der Waals surface area contributed by atoms with E-state index in [0.717, 1.165) is 16.0 Å². The van der Waals surface area contributed by atoms with Crippen LogP contribution in [0.1, 0.15) is 18.1 Å². The van der Waals surface area contributed by atoms with Gasteiger partial charge < -0.3 is 9.47 Å². The van der Waals surface area contributed by atoms with Crippen LogP contribution in [-0.4, -0.2) is 42.6 Å². The number of halogens is 3. The molecule has 36 heavy (non-hydrogen) atoms. The zero-order valence-corrected chi connectivity index (χ0v) is 19.5. The van der Waals surface area contributed by atoms with E-state index in [1.807, 2.05) is 37.3 Å². The number of hydrogen-bond donors (Lipinski definition) is 2. The molecule has 3 aromatic carbocycles. The zero-order chi connectivity index (χ0) is 26.1. The van der Waals surface area contributed by atoms with Crippen LogP contribution in [0.2, 0.25) is 0 Å². The van der Waals surface area contributed by atoms with Crippen LogP contribution in [0, 0.1) is 0 Å². The summed E-state index contributed by atoms with van der Waals surface area (Å²) in [6.45, 7) is 2.40. The number of rotatable bonds is 6. The van der Waals surface area contributed by atoms with Crippen molar-refractivity contribution in [2.45, 2.75) is 24.6 Å². The largest absolute Gasteiger partial charge is 0.494 e. The maximum absolute atomic E-state index is 13.7. The quantitative estimate of drug-likeness (QED) is 0.397. The normalized spacial score (nSPS) is 21.9. The van der Waals surface area contributed by atoms with Gasteiger partial charge in [-0.1, -0.05) is 60.7 Å². The van der Waals surface area contributed by atoms with Gasteiger partial charge in [0.2, 0.25) is 0 Å². The van der Waals surface area contributed by atoms with Gasteiger partial charge in [0.1, 0.15) is 5.75 Å². The van der Waals surface area contributed by atoms with Gasteiger partial charge in [-0.25, -0.2) is 10.1 Å². The molecule has 0 radical (unpaired) electrons. The van der Waals surface area contributed by atoms with E-state index in [0.29, 0.717) is 23.5 Å². The molecule has 2 unspecified atom stereocenters. The highest BCUT2D eigenvalue weighted by Crippen LogP contribution is 2.41. The van der Waals surface area contributed by atoms with Crippen LogP contribution in [0.4, 0.5) is 13.2 Å². The molecule has 2 atom stereocenters. The summed E-state index contributed by atoms with van der Waals surface area (Å²) in [6, 6.07) is 22.6. The van der Waals surface area contributed by atoms with Gasteiger partial charge >= 0.3 is 18.1 Å². The van der Waals surface area contributed by atoms with Crippen molar-refractivity contribution in [2.75, 3.05) is 13.7 Å². The number of nitrogens with two attached hydrogens (primary N) is 1. The van der Waals surface area contributed by atoms with Crippen molar-refractivity contribution in [3.05, 3.63) is 90.0 Å². The third-order valence-electron chi connectivity index (χ3n) is 5.97. The zero-order valence-electron chi connectivity index (χ0n) is 19.5. The van der Waals surface area contributed by atoms with E-state index in [1.165, 1.54) is 7.05 Å². The highest BCUT2D eigenvalue weighted by atomic mass is 19.4. The first-order chi connectivity index (χ1) is 17.0. The maximum Gasteiger partial charge on any atom is 0.491 e. The molecule has 1 amide bonds. The van der Waals surface area contributed by atoms with Gasteiger partial charge in [0, 0.05) is 7.05 Å². The van der Waals surface area contributed by atoms with E-state index < -0.39 is 29.6 Å². The van der Waals surface area contributed by atoms with Crippen LogP contribution in [0.3, 0.4) is 0 Å². The Hall–Kier alpha value is -3.89. The molecule has 0 spiro atoms. The number of carbonyl (C=O) groups is 2. The van der Waals surface area contributed by atoms with Gasteiger partial charge in [-0.15, -0.1) is 0 Å². The highest BCUT2D eigenvalue weighted by molar-refractivity contribution is 5.95. The number of ether oxygens (including phenoxy) is 2. The fraction of sp³-hybridized carbons (Fsp3) is 0.231. The molecule has 1 aliphatic rings. The number of likely N-dealkylation sites (N-methyl/N-ethyl adjacent to an activating group) is 1. The van der Waals surface area contributed by atoms with Crippen molar-refractivity contribution in [3.8, 4) is 16.9 Å². The number of nitrogens with one attached hydrogen (secondary N) is 1. The Morgan fingerprint density at radius 1 is 0.972 bits per heavy atom. The molecule has 1 aliphatic heterocycles. The number of esters is 1. The Morgan fingerprint density at radius 3 is 2.22 bits per heavy atom. The fourth-order valence-electron chi connectivity index (χ4n) is 4.19. The van der Waals surface area contributed by atoms with E-state index in [4.69, 9.17) is 10.5 Å². The van der Waals surface area contributed by atoms with Crippen LogP contribution in [0.5, 0.6) is 5.75 Å². The smallest absolute Gasteiger partial charge is 0.491 e. The van der Waals surface area contributed by atoms with Crippen LogP contribution in [-0.2, 0) is 19.9 Å². The monoisotopic (exact) mass is 499 g/mol. The Balaban J connectivity index is 1.82. The molecule has 0 bridgehead atoms. The lowest BCUT2D eigenvalue weighted by atomic mass is 9.81. The second kappa shape index (κ2) is 9.29. The van der Waals surface area contributed by atoms with Crippen molar-refractivity contribution in [1.29, 1.82) is 0 Å². The molecule has 1 fully saturated rings. The maximum atomic E-state index is 13.7. The van der Waals surface area contributed by atoms with Gasteiger partial charge in [-0.05, 0) is 47.4 Å². The van der Waals surface area contributed by atoms with Gasteiger partial charge in [-0.2, -0.15) is 13.2 Å². The molecule has 0 saturated carbocycles. The lowest BCUT2D eigenvalue weighted by molar-refractivity contribution is -0.228. The molecule has 0 aromatic heterocycles. The number of nitrogens with zero attached hydrogens (tertiary/aromatic N) is 1. The third kappa shape index (κ3) is 4.40. The first-order valence-electron chi connectivity index (χ1n) is 11.1. The van der Waals surface area contributed by atoms with E-state index in [2.05, 4.69) is 10.1 Å². The molecule has 1 saturated heterocycles. The average Bonchev–Trinajstić information content (AvgIpc) is 3.06. The average molecular weight is 499 g/mol. The van der Waals surface area contributed by atoms with Crippen molar-refractivity contribution in [1.82, 2.24) is 10.2 Å². The molecule has 3 aromatic rings. The molecule has 7 nitrogen and oxygen atoms in total. The highest BCUT2D eigenvalue weighted by Gasteiger charge is 2.62. The van der Waals surface area contributed by atoms with Crippen molar-refractivity contribution in [2.24, 2.45) is 5.73 Å². The predicted octanol–water partition coefficient (Wildman–Crippen LogP) is 3.73. The summed E-state index contributed by atoms with van der Waals surface area (Å²) in [5.74, 6) is -5.08. The van der Waals surface area contributed by atoms with Crippen LogP contribution in [0.15, 0.2) is 78.9 Å². The standard InChI is InChI=1S/C26H24F3N3O4/c1-3-35-21-14-12-17(13-15-21)18-8-7-11-20(16-18)24(19-9-5-4-6-10-19)22(33)32(2)26(30,31-24)36-23(34)25(27,28)29/h4-16,31H,3,30H2,1-2H3. The summed E-state index contributed by atoms with van der Waals surface area (Å²) in [4.78, 5) is 26.2. The van der Waals surface area contributed by atoms with Crippen molar-refractivity contribution in [3.63, 3.8) is 0 Å². The Morgan fingerprint density at radius 2 is 1.61 bits per heavy atom. The van der Waals surface area contributed by atoms with Crippen LogP contribution < -0.4 is 15.8 Å². The Bertz CT molecular complexity index is 1270. The number of amides is 1. The van der Waals surface area contributed by atoms with Gasteiger partial charge in [0.05, 0.1) is 6.61 Å². The topological polar surface area (TPSA) is 93.9 Å². The summed E-state index contributed by atoms with van der Waals surface area (Å²) < 4.78 is 49.0. The summed E-state index contributed by atoms with van der Waals surface area (Å²) in [5.41, 5.74) is 6.70. The number of carbonyl (C=O) groups excluding carboxylic acids is 2. The van der Waals surface area contributed by atoms with Crippen molar-refractivity contribution < 1.29 is 32.2 Å². The van der Waals surface area contributed by atoms with Gasteiger partial charge in [0.25, 0.3) is 5.91 Å². The fourth-order valence-corrected chi connectivity index (χ4v) is 4.19. The molecule has 188 valence electrons. The van der Waals surface area contributed by atoms with Crippen LogP contribution in [0.25, 0.3) is 11.1 Å². The molecular formula is C26H24F3N3O4. The predicted molar refractivity (Wildman–Crippen MR) is 125 cm³/mol. The first-order valence-corrected chi connectivity index (χ1v) is 11.1. The Labute approximate surface area is 205 Å². The van der Waals surface area contributed by atoms with E-state index >= 15 is 0 Å². The lowest BCUT2D eigenvalue weighted by Gasteiger charge is -2.32. The molecule has 1 heterocycles. The SMILES string of the molecule is CCOc1ccc(-c2cccc(C3(c4ccccc4)NC(N)(OC(=O)C(F)(F)F)N(C)C3=O)c2)cc1. The van der Waals surface area contributed by atoms with E-state index in [9.17, 15) is 22.8 Å². The summed E-state index contributed by atoms with van der Waals surface area (Å²) in [6.07, 6.45) is -5.30. The van der Waals surface area contributed by atoms with Crippen LogP contribution >= 0.6 is 0 Å². The summed E-state index contributed by atoms with van der Waals surface area (Å²) in [7, 11) is 1.17. The second-order valence-corrected chi connectivity index (χ2v) is 8.23. The first kappa shape index (κ1) is 25.2. The van der Waals surface area contributed by atoms with Gasteiger partial charge in [-0.3, -0.25) is 15.4 Å². The summed E-state index contributed by atoms with van der Waals surface area (Å²) >= 11 is 0. The van der Waals surface area contributed by atoms with Crippen molar-refractivity contribution >= 4 is 11.9 Å². The minimum absolute atomic E-state index is 0.396. The molecule has 3 N–H and O–H groups in total. The number of alkyl halides is 3. The molecular weight excluding hydrogens is 475 g/mol. The molecule has 0 aliphatic carbocycles. The molecule has 10 heteroatoms. The minimum Gasteiger partial charge on any atom is -0.494 e. The van der Waals surface area contributed by atoms with E-state index in [1.54, 1.807) is 48.5 Å². The second-order valence-electron chi connectivity index (χ2n) is 8.23. The molecule has 4 rings (SSSR count).